The molecule has 0 unspecified atom stereocenters. The summed E-state index contributed by atoms with van der Waals surface area (Å²) in [6.07, 6.45) is 8.78. The molecule has 0 spiro atoms. The second-order valence-electron chi connectivity index (χ2n) is 7.18. The Labute approximate surface area is 176 Å². The number of benzene rings is 1. The number of hydrogen-bond donors (Lipinski definition) is 0. The van der Waals surface area contributed by atoms with E-state index in [1.54, 1.807) is 4.90 Å². The van der Waals surface area contributed by atoms with Crippen LogP contribution in [0.2, 0.25) is 0 Å². The van der Waals surface area contributed by atoms with Crippen LogP contribution >= 0.6 is 24.0 Å². The highest BCUT2D eigenvalue weighted by atomic mass is 32.2. The molecule has 2 saturated heterocycles. The lowest BCUT2D eigenvalue weighted by Gasteiger charge is -2.22. The number of allylic oxidation sites excluding steroid dienone is 2. The summed E-state index contributed by atoms with van der Waals surface area (Å²) < 4.78 is 0.535. The van der Waals surface area contributed by atoms with Crippen LogP contribution in [-0.2, 0) is 9.59 Å². The van der Waals surface area contributed by atoms with Crippen LogP contribution < -0.4 is 0 Å². The Balaban J connectivity index is 1.60. The zero-order valence-corrected chi connectivity index (χ0v) is 17.9. The number of carbonyl (C=O) groups is 2. The summed E-state index contributed by atoms with van der Waals surface area (Å²) in [5.74, 6) is 0.0274. The standard InChI is InChI=1S/C22H26N2O2S2/c1-17(15-18-9-5-4-6-10-18)16-19-21(26)24(22(27)28-19)14-11-20(25)23-12-7-2-3-8-13-23/h4-6,9-10,15-16H,2-3,7-8,11-14H2,1H3/b17-15+,19-16-. The van der Waals surface area contributed by atoms with E-state index >= 15 is 0 Å². The summed E-state index contributed by atoms with van der Waals surface area (Å²) in [6, 6.07) is 10.00. The van der Waals surface area contributed by atoms with Gasteiger partial charge in [-0.1, -0.05) is 73.2 Å². The first-order valence-electron chi connectivity index (χ1n) is 9.81. The average molecular weight is 415 g/mol. The van der Waals surface area contributed by atoms with Gasteiger partial charge in [0, 0.05) is 26.1 Å². The highest BCUT2D eigenvalue weighted by Crippen LogP contribution is 2.32. The Bertz CT molecular complexity index is 794. The Morgan fingerprint density at radius 3 is 2.50 bits per heavy atom. The van der Waals surface area contributed by atoms with Crippen LogP contribution in [0.25, 0.3) is 6.08 Å². The fourth-order valence-electron chi connectivity index (χ4n) is 3.44. The molecule has 0 N–H and O–H groups in total. The number of likely N-dealkylation sites (tertiary alicyclic amines) is 1. The SMILES string of the molecule is CC(/C=C1\SC(=S)N(CCC(=O)N2CCCCCC2)C1=O)=C\c1ccccc1. The molecule has 2 heterocycles. The van der Waals surface area contributed by atoms with Gasteiger partial charge in [-0.05, 0) is 37.0 Å². The molecule has 0 radical (unpaired) electrons. The van der Waals surface area contributed by atoms with Crippen LogP contribution in [-0.4, -0.2) is 45.6 Å². The number of amides is 2. The highest BCUT2D eigenvalue weighted by molar-refractivity contribution is 8.26. The third-order valence-corrected chi connectivity index (χ3v) is 6.31. The second kappa shape index (κ2) is 10.0. The fourth-order valence-corrected chi connectivity index (χ4v) is 4.80. The number of rotatable bonds is 5. The molecule has 0 bridgehead atoms. The summed E-state index contributed by atoms with van der Waals surface area (Å²) >= 11 is 6.70. The van der Waals surface area contributed by atoms with Crippen LogP contribution in [0.5, 0.6) is 0 Å². The van der Waals surface area contributed by atoms with Gasteiger partial charge in [0.1, 0.15) is 4.32 Å². The van der Waals surface area contributed by atoms with Gasteiger partial charge in [0.05, 0.1) is 4.91 Å². The number of carbonyl (C=O) groups excluding carboxylic acids is 2. The van der Waals surface area contributed by atoms with Crippen LogP contribution in [0.3, 0.4) is 0 Å². The lowest BCUT2D eigenvalue weighted by molar-refractivity contribution is -0.131. The third kappa shape index (κ3) is 5.55. The van der Waals surface area contributed by atoms with Gasteiger partial charge in [-0.2, -0.15) is 0 Å². The van der Waals surface area contributed by atoms with Crippen molar-refractivity contribution < 1.29 is 9.59 Å². The van der Waals surface area contributed by atoms with Crippen molar-refractivity contribution >= 4 is 46.2 Å². The van der Waals surface area contributed by atoms with Gasteiger partial charge >= 0.3 is 0 Å². The smallest absolute Gasteiger partial charge is 0.266 e. The molecule has 1 aromatic rings. The maximum atomic E-state index is 12.7. The van der Waals surface area contributed by atoms with Crippen LogP contribution in [0, 0.1) is 0 Å². The van der Waals surface area contributed by atoms with Gasteiger partial charge in [0.25, 0.3) is 5.91 Å². The minimum atomic E-state index is -0.0977. The Kier molecular flexibility index (Phi) is 7.45. The Morgan fingerprint density at radius 1 is 1.14 bits per heavy atom. The van der Waals surface area contributed by atoms with Crippen molar-refractivity contribution in [1.29, 1.82) is 0 Å². The van der Waals surface area contributed by atoms with Crippen molar-refractivity contribution in [2.75, 3.05) is 19.6 Å². The van der Waals surface area contributed by atoms with Gasteiger partial charge in [-0.3, -0.25) is 14.5 Å². The predicted octanol–water partition coefficient (Wildman–Crippen LogP) is 4.63. The molecule has 148 valence electrons. The normalized spacial score (nSPS) is 20.0. The van der Waals surface area contributed by atoms with Crippen LogP contribution in [0.1, 0.15) is 44.6 Å². The van der Waals surface area contributed by atoms with Crippen molar-refractivity contribution in [3.8, 4) is 0 Å². The summed E-state index contributed by atoms with van der Waals surface area (Å²) in [4.78, 5) is 29.4. The molecular weight excluding hydrogens is 388 g/mol. The molecule has 2 amide bonds. The van der Waals surface area contributed by atoms with E-state index in [9.17, 15) is 9.59 Å². The van der Waals surface area contributed by atoms with E-state index in [2.05, 4.69) is 0 Å². The van der Waals surface area contributed by atoms with Gasteiger partial charge in [0.15, 0.2) is 0 Å². The van der Waals surface area contributed by atoms with E-state index in [1.807, 2.05) is 54.3 Å². The molecule has 3 rings (SSSR count). The van der Waals surface area contributed by atoms with Crippen molar-refractivity contribution in [3.05, 3.63) is 52.4 Å². The predicted molar refractivity (Wildman–Crippen MR) is 120 cm³/mol. The molecule has 28 heavy (non-hydrogen) atoms. The third-order valence-electron chi connectivity index (χ3n) is 4.93. The number of thioether (sulfide) groups is 1. The Hall–Kier alpha value is -1.92. The minimum Gasteiger partial charge on any atom is -0.343 e. The van der Waals surface area contributed by atoms with Gasteiger partial charge in [-0.15, -0.1) is 0 Å². The van der Waals surface area contributed by atoms with E-state index < -0.39 is 0 Å². The summed E-state index contributed by atoms with van der Waals surface area (Å²) in [6.45, 7) is 4.00. The van der Waals surface area contributed by atoms with E-state index in [-0.39, 0.29) is 11.8 Å². The van der Waals surface area contributed by atoms with Crippen LogP contribution in [0.4, 0.5) is 0 Å². The van der Waals surface area contributed by atoms with Crippen molar-refractivity contribution in [2.24, 2.45) is 0 Å². The van der Waals surface area contributed by atoms with E-state index in [1.165, 1.54) is 24.6 Å². The van der Waals surface area contributed by atoms with E-state index in [0.717, 1.165) is 37.1 Å². The molecule has 6 heteroatoms. The quantitative estimate of drug-likeness (QED) is 0.520. The average Bonchev–Trinajstić information content (AvgIpc) is 2.87. The van der Waals surface area contributed by atoms with Gasteiger partial charge in [0.2, 0.25) is 5.91 Å². The number of thiocarbonyl (C=S) groups is 1. The first-order chi connectivity index (χ1) is 13.5. The monoisotopic (exact) mass is 414 g/mol. The number of hydrogen-bond acceptors (Lipinski definition) is 4. The molecule has 2 aliphatic rings. The number of nitrogens with zero attached hydrogens (tertiary/aromatic N) is 2. The maximum absolute atomic E-state index is 12.7. The van der Waals surface area contributed by atoms with Crippen LogP contribution in [0.15, 0.2) is 46.9 Å². The lowest BCUT2D eigenvalue weighted by atomic mass is 10.1. The molecule has 0 atom stereocenters. The minimum absolute atomic E-state index is 0.0977. The van der Waals surface area contributed by atoms with E-state index in [4.69, 9.17) is 12.2 Å². The van der Waals surface area contributed by atoms with E-state index in [0.29, 0.717) is 22.2 Å². The maximum Gasteiger partial charge on any atom is 0.266 e. The zero-order chi connectivity index (χ0) is 19.9. The molecule has 0 aliphatic carbocycles. The first-order valence-corrected chi connectivity index (χ1v) is 11.0. The van der Waals surface area contributed by atoms with Crippen molar-refractivity contribution in [3.63, 3.8) is 0 Å². The molecule has 2 fully saturated rings. The molecule has 0 aromatic heterocycles. The van der Waals surface area contributed by atoms with Gasteiger partial charge in [-0.25, -0.2) is 0 Å². The fraction of sp³-hybridized carbons (Fsp3) is 0.409. The topological polar surface area (TPSA) is 40.6 Å². The van der Waals surface area contributed by atoms with Gasteiger partial charge < -0.3 is 4.90 Å². The van der Waals surface area contributed by atoms with Crippen molar-refractivity contribution in [1.82, 2.24) is 9.80 Å². The summed E-state index contributed by atoms with van der Waals surface area (Å²) in [5.41, 5.74) is 2.09. The Morgan fingerprint density at radius 2 is 1.82 bits per heavy atom. The van der Waals surface area contributed by atoms with Crippen molar-refractivity contribution in [2.45, 2.75) is 39.0 Å². The zero-order valence-electron chi connectivity index (χ0n) is 16.2. The molecule has 2 aliphatic heterocycles. The summed E-state index contributed by atoms with van der Waals surface area (Å²) in [5, 5.41) is 0. The molecule has 4 nitrogen and oxygen atoms in total. The molecule has 1 aromatic carbocycles. The molecular formula is C22H26N2O2S2. The molecule has 0 saturated carbocycles. The lowest BCUT2D eigenvalue weighted by Crippen LogP contribution is -2.36. The largest absolute Gasteiger partial charge is 0.343 e. The highest BCUT2D eigenvalue weighted by Gasteiger charge is 2.32. The second-order valence-corrected chi connectivity index (χ2v) is 8.85. The first kappa shape index (κ1) is 20.8. The summed E-state index contributed by atoms with van der Waals surface area (Å²) in [7, 11) is 0.